The van der Waals surface area contributed by atoms with Gasteiger partial charge in [0, 0.05) is 22.1 Å². The number of hydrogen-bond donors (Lipinski definition) is 1. The van der Waals surface area contributed by atoms with Crippen molar-refractivity contribution in [2.45, 2.75) is 6.54 Å². The van der Waals surface area contributed by atoms with E-state index in [0.717, 1.165) is 16.5 Å². The van der Waals surface area contributed by atoms with Crippen LogP contribution in [0.15, 0.2) is 60.8 Å². The lowest BCUT2D eigenvalue weighted by Crippen LogP contribution is -2.37. The van der Waals surface area contributed by atoms with Crippen molar-refractivity contribution in [1.29, 1.82) is 0 Å². The Balaban J connectivity index is 1.87. The second-order valence-electron chi connectivity index (χ2n) is 4.57. The van der Waals surface area contributed by atoms with Crippen molar-refractivity contribution in [1.82, 2.24) is 5.10 Å². The van der Waals surface area contributed by atoms with Crippen molar-refractivity contribution in [3.63, 3.8) is 0 Å². The molecule has 3 aromatic rings. The summed E-state index contributed by atoms with van der Waals surface area (Å²) in [4.78, 5) is 10.8. The molecule has 0 aliphatic heterocycles. The van der Waals surface area contributed by atoms with Gasteiger partial charge in [-0.2, -0.15) is 0 Å². The molecule has 98 valence electrons. The minimum Gasteiger partial charge on any atom is -0.478 e. The summed E-state index contributed by atoms with van der Waals surface area (Å²) in [7, 11) is 0. The third kappa shape index (κ3) is 2.49. The molecule has 0 saturated carbocycles. The average Bonchev–Trinajstić information content (AvgIpc) is 2.48. The topological polar surface area (TPSA) is 54.1 Å². The highest BCUT2D eigenvalue weighted by molar-refractivity contribution is 5.87. The first-order valence-electron chi connectivity index (χ1n) is 6.30. The summed E-state index contributed by atoms with van der Waals surface area (Å²) < 4.78 is 1.85. The Kier molecular flexibility index (Phi) is 3.13. The van der Waals surface area contributed by atoms with Gasteiger partial charge in [0.05, 0.1) is 5.56 Å². The minimum atomic E-state index is -0.909. The van der Waals surface area contributed by atoms with Crippen LogP contribution in [0.4, 0.5) is 0 Å². The van der Waals surface area contributed by atoms with Crippen LogP contribution in [0.3, 0.4) is 0 Å². The Morgan fingerprint density at radius 1 is 1.05 bits per heavy atom. The number of fused-ring (bicyclic) bond motifs is 1. The van der Waals surface area contributed by atoms with Gasteiger partial charge < -0.3 is 5.11 Å². The van der Waals surface area contributed by atoms with Crippen LogP contribution in [-0.4, -0.2) is 16.2 Å². The number of carboxylic acid groups (broad SMARTS) is 1. The molecule has 1 aromatic heterocycles. The number of nitrogens with zero attached hydrogens (tertiary/aromatic N) is 2. The fraction of sp³-hybridized carbons (Fsp3) is 0.0625. The van der Waals surface area contributed by atoms with Crippen LogP contribution >= 0.6 is 0 Å². The highest BCUT2D eigenvalue weighted by atomic mass is 16.4. The van der Waals surface area contributed by atoms with Crippen molar-refractivity contribution < 1.29 is 14.6 Å². The van der Waals surface area contributed by atoms with Crippen molar-refractivity contribution in [2.75, 3.05) is 0 Å². The van der Waals surface area contributed by atoms with E-state index in [4.69, 9.17) is 5.11 Å². The van der Waals surface area contributed by atoms with Crippen molar-refractivity contribution >= 4 is 16.9 Å². The van der Waals surface area contributed by atoms with Gasteiger partial charge in [0.2, 0.25) is 0 Å². The Hall–Kier alpha value is -2.75. The zero-order valence-corrected chi connectivity index (χ0v) is 10.7. The molecule has 4 heteroatoms. The van der Waals surface area contributed by atoms with Crippen LogP contribution in [0.5, 0.6) is 0 Å². The Labute approximate surface area is 115 Å². The third-order valence-corrected chi connectivity index (χ3v) is 3.14. The fourth-order valence-electron chi connectivity index (χ4n) is 2.09. The maximum atomic E-state index is 10.8. The van der Waals surface area contributed by atoms with Gasteiger partial charge in [-0.05, 0) is 18.2 Å². The number of hydrogen-bond acceptors (Lipinski definition) is 2. The Morgan fingerprint density at radius 2 is 1.80 bits per heavy atom. The summed E-state index contributed by atoms with van der Waals surface area (Å²) in [5.74, 6) is -0.909. The van der Waals surface area contributed by atoms with Gasteiger partial charge >= 0.3 is 5.97 Å². The van der Waals surface area contributed by atoms with Gasteiger partial charge in [-0.15, -0.1) is 0 Å². The number of carboxylic acids is 1. The molecule has 0 atom stereocenters. The van der Waals surface area contributed by atoms with Gasteiger partial charge in [0.1, 0.15) is 5.52 Å². The molecular weight excluding hydrogens is 252 g/mol. The Morgan fingerprint density at radius 3 is 2.55 bits per heavy atom. The maximum absolute atomic E-state index is 10.8. The van der Waals surface area contributed by atoms with Crippen LogP contribution in [0.1, 0.15) is 15.9 Å². The van der Waals surface area contributed by atoms with E-state index in [1.807, 2.05) is 53.3 Å². The first-order valence-corrected chi connectivity index (χ1v) is 6.30. The molecule has 0 spiro atoms. The van der Waals surface area contributed by atoms with Crippen molar-refractivity contribution in [2.24, 2.45) is 0 Å². The molecule has 0 saturated heterocycles. The van der Waals surface area contributed by atoms with Crippen LogP contribution in [0, 0.1) is 0 Å². The quantitative estimate of drug-likeness (QED) is 0.739. The molecule has 20 heavy (non-hydrogen) atoms. The summed E-state index contributed by atoms with van der Waals surface area (Å²) in [6, 6.07) is 16.8. The van der Waals surface area contributed by atoms with E-state index >= 15 is 0 Å². The first-order chi connectivity index (χ1) is 9.72. The third-order valence-electron chi connectivity index (χ3n) is 3.14. The largest absolute Gasteiger partial charge is 0.478 e. The number of aromatic carboxylic acids is 1. The molecule has 0 radical (unpaired) electrons. The summed E-state index contributed by atoms with van der Waals surface area (Å²) in [5.41, 5.74) is 2.25. The molecule has 0 fully saturated rings. The number of rotatable bonds is 3. The molecule has 0 amide bonds. The summed E-state index contributed by atoms with van der Waals surface area (Å²) in [5, 5.41) is 14.5. The smallest absolute Gasteiger partial charge is 0.335 e. The molecule has 3 rings (SSSR count). The molecule has 0 aliphatic rings. The van der Waals surface area contributed by atoms with E-state index in [0.29, 0.717) is 12.1 Å². The summed E-state index contributed by atoms with van der Waals surface area (Å²) in [6.45, 7) is 0.616. The van der Waals surface area contributed by atoms with E-state index in [1.165, 1.54) is 0 Å². The van der Waals surface area contributed by atoms with E-state index < -0.39 is 5.97 Å². The molecule has 0 unspecified atom stereocenters. The first kappa shape index (κ1) is 12.3. The van der Waals surface area contributed by atoms with Crippen LogP contribution in [-0.2, 0) is 6.54 Å². The van der Waals surface area contributed by atoms with Gasteiger partial charge in [-0.3, -0.25) is 0 Å². The molecular formula is C16H13N2O2+. The molecule has 4 nitrogen and oxygen atoms in total. The van der Waals surface area contributed by atoms with Crippen molar-refractivity contribution in [3.8, 4) is 0 Å². The number of benzene rings is 2. The number of aromatic nitrogens is 2. The van der Waals surface area contributed by atoms with Gasteiger partial charge in [0.15, 0.2) is 12.7 Å². The Bertz CT molecular complexity index is 767. The van der Waals surface area contributed by atoms with Gasteiger partial charge in [0.25, 0.3) is 0 Å². The highest BCUT2D eigenvalue weighted by Crippen LogP contribution is 2.08. The van der Waals surface area contributed by atoms with Gasteiger partial charge in [-0.25, -0.2) is 4.79 Å². The monoisotopic (exact) mass is 265 g/mol. The maximum Gasteiger partial charge on any atom is 0.335 e. The van der Waals surface area contributed by atoms with Crippen molar-refractivity contribution in [3.05, 3.63) is 71.9 Å². The molecule has 1 heterocycles. The molecule has 0 bridgehead atoms. The summed E-state index contributed by atoms with van der Waals surface area (Å²) in [6.07, 6.45) is 1.92. The predicted molar refractivity (Wildman–Crippen MR) is 74.4 cm³/mol. The average molecular weight is 265 g/mol. The molecule has 0 aliphatic carbocycles. The second-order valence-corrected chi connectivity index (χ2v) is 4.57. The van der Waals surface area contributed by atoms with Crippen LogP contribution in [0.25, 0.3) is 10.9 Å². The number of carbonyl (C=O) groups is 1. The normalized spacial score (nSPS) is 10.6. The second kappa shape index (κ2) is 5.09. The van der Waals surface area contributed by atoms with E-state index in [9.17, 15) is 4.79 Å². The lowest BCUT2D eigenvalue weighted by atomic mass is 10.1. The summed E-state index contributed by atoms with van der Waals surface area (Å²) >= 11 is 0. The van der Waals surface area contributed by atoms with Crippen LogP contribution < -0.4 is 4.68 Å². The van der Waals surface area contributed by atoms with E-state index in [-0.39, 0.29) is 0 Å². The highest BCUT2D eigenvalue weighted by Gasteiger charge is 2.08. The SMILES string of the molecule is O=C(O)c1ccc(C[n+]2ccc3ccccc3n2)cc1. The zero-order valence-electron chi connectivity index (χ0n) is 10.7. The van der Waals surface area contributed by atoms with E-state index in [2.05, 4.69) is 5.10 Å². The lowest BCUT2D eigenvalue weighted by Gasteiger charge is -1.99. The standard InChI is InChI=1S/C16H12N2O2/c19-16(20)14-7-5-12(6-8-14)11-18-10-9-13-3-1-2-4-15(13)17-18/h1-10H,11H2/p+1. The molecule has 2 aromatic carbocycles. The fourth-order valence-corrected chi connectivity index (χ4v) is 2.09. The van der Waals surface area contributed by atoms with E-state index in [1.54, 1.807) is 12.1 Å². The van der Waals surface area contributed by atoms with Crippen LogP contribution in [0.2, 0.25) is 0 Å². The molecule has 1 N–H and O–H groups in total. The zero-order chi connectivity index (χ0) is 13.9. The van der Waals surface area contributed by atoms with Gasteiger partial charge in [-0.1, -0.05) is 35.0 Å². The minimum absolute atomic E-state index is 0.297. The lowest BCUT2D eigenvalue weighted by molar-refractivity contribution is -0.743. The predicted octanol–water partition coefficient (Wildman–Crippen LogP) is 2.27.